The third kappa shape index (κ3) is 5.75. The minimum absolute atomic E-state index is 0.156. The molecule has 8 heteroatoms. The Morgan fingerprint density at radius 1 is 1.10 bits per heavy atom. The van der Waals surface area contributed by atoms with Crippen LogP contribution in [0.3, 0.4) is 0 Å². The van der Waals surface area contributed by atoms with Crippen LogP contribution >= 0.6 is 0 Å². The van der Waals surface area contributed by atoms with E-state index in [1.807, 2.05) is 38.1 Å². The number of anilines is 1. The van der Waals surface area contributed by atoms with Crippen LogP contribution in [0.1, 0.15) is 50.0 Å². The summed E-state index contributed by atoms with van der Waals surface area (Å²) < 4.78 is 16.5. The largest absolute Gasteiger partial charge is 0.491 e. The average molecular weight is 426 g/mol. The summed E-state index contributed by atoms with van der Waals surface area (Å²) in [6, 6.07) is 12.2. The monoisotopic (exact) mass is 426 g/mol. The van der Waals surface area contributed by atoms with Gasteiger partial charge in [-0.1, -0.05) is 17.3 Å². The fraction of sp³-hybridized carbons (Fsp3) is 0.348. The van der Waals surface area contributed by atoms with Crippen molar-refractivity contribution < 1.29 is 28.4 Å². The molecule has 1 amide bonds. The SMILES string of the molecule is CC(C)N(C(=O)c1cc(-c2ccco2)on1)c1ccccc1OCCCCCC(=O)O. The van der Waals surface area contributed by atoms with Gasteiger partial charge in [0, 0.05) is 18.5 Å². The number of aromatic nitrogens is 1. The number of benzene rings is 1. The van der Waals surface area contributed by atoms with Crippen LogP contribution in [-0.4, -0.2) is 34.8 Å². The normalized spacial score (nSPS) is 10.9. The molecular weight excluding hydrogens is 400 g/mol. The van der Waals surface area contributed by atoms with E-state index in [1.165, 1.54) is 6.26 Å². The fourth-order valence-electron chi connectivity index (χ4n) is 3.17. The highest BCUT2D eigenvalue weighted by atomic mass is 16.5. The molecule has 0 aliphatic heterocycles. The lowest BCUT2D eigenvalue weighted by Gasteiger charge is -2.27. The van der Waals surface area contributed by atoms with Crippen molar-refractivity contribution in [3.05, 3.63) is 54.4 Å². The summed E-state index contributed by atoms with van der Waals surface area (Å²) in [4.78, 5) is 25.5. The van der Waals surface area contributed by atoms with Crippen molar-refractivity contribution >= 4 is 17.6 Å². The van der Waals surface area contributed by atoms with Crippen molar-refractivity contribution in [2.45, 2.75) is 45.6 Å². The molecule has 0 bridgehead atoms. The Morgan fingerprint density at radius 3 is 2.61 bits per heavy atom. The highest BCUT2D eigenvalue weighted by Gasteiger charge is 2.27. The smallest absolute Gasteiger partial charge is 0.303 e. The predicted octanol–water partition coefficient (Wildman–Crippen LogP) is 5.01. The first-order valence-electron chi connectivity index (χ1n) is 10.2. The van der Waals surface area contributed by atoms with E-state index in [0.717, 1.165) is 12.8 Å². The summed E-state index contributed by atoms with van der Waals surface area (Å²) in [5, 5.41) is 12.6. The number of furan rings is 1. The lowest BCUT2D eigenvalue weighted by Crippen LogP contribution is -2.37. The maximum Gasteiger partial charge on any atom is 0.303 e. The first-order chi connectivity index (χ1) is 15.0. The zero-order valence-electron chi connectivity index (χ0n) is 17.6. The second-order valence-electron chi connectivity index (χ2n) is 7.34. The van der Waals surface area contributed by atoms with Crippen LogP contribution in [0.15, 0.2) is 57.7 Å². The van der Waals surface area contributed by atoms with Gasteiger partial charge in [0.2, 0.25) is 5.76 Å². The van der Waals surface area contributed by atoms with Crippen molar-refractivity contribution in [1.29, 1.82) is 0 Å². The summed E-state index contributed by atoms with van der Waals surface area (Å²) in [7, 11) is 0. The zero-order valence-corrected chi connectivity index (χ0v) is 17.6. The van der Waals surface area contributed by atoms with Crippen LogP contribution in [0, 0.1) is 0 Å². The first-order valence-corrected chi connectivity index (χ1v) is 10.2. The minimum Gasteiger partial charge on any atom is -0.491 e. The number of para-hydroxylation sites is 2. The Bertz CT molecular complexity index is 993. The molecular formula is C23H26N2O6. The van der Waals surface area contributed by atoms with Gasteiger partial charge in [-0.05, 0) is 57.4 Å². The third-order valence-electron chi connectivity index (χ3n) is 4.65. The molecule has 0 aliphatic rings. The van der Waals surface area contributed by atoms with Crippen LogP contribution < -0.4 is 9.64 Å². The average Bonchev–Trinajstić information content (AvgIpc) is 3.42. The topological polar surface area (TPSA) is 106 Å². The van der Waals surface area contributed by atoms with Gasteiger partial charge in [-0.15, -0.1) is 0 Å². The van der Waals surface area contributed by atoms with Gasteiger partial charge in [-0.3, -0.25) is 9.59 Å². The lowest BCUT2D eigenvalue weighted by molar-refractivity contribution is -0.137. The number of aliphatic carboxylic acids is 1. The number of carboxylic acids is 1. The molecule has 1 N–H and O–H groups in total. The lowest BCUT2D eigenvalue weighted by atomic mass is 10.2. The molecule has 3 aromatic rings. The number of nitrogens with zero attached hydrogens (tertiary/aromatic N) is 2. The standard InChI is InChI=1S/C23H26N2O6/c1-16(2)25(23(28)17-15-21(31-24-17)20-11-8-14-30-20)18-9-5-6-10-19(18)29-13-7-3-4-12-22(26)27/h5-6,8-11,14-16H,3-4,7,12-13H2,1-2H3,(H,26,27). The van der Waals surface area contributed by atoms with Gasteiger partial charge in [-0.2, -0.15) is 0 Å². The molecule has 8 nitrogen and oxygen atoms in total. The number of carboxylic acid groups (broad SMARTS) is 1. The highest BCUT2D eigenvalue weighted by Crippen LogP contribution is 2.31. The maximum absolute atomic E-state index is 13.3. The first kappa shape index (κ1) is 22.1. The highest BCUT2D eigenvalue weighted by molar-refractivity contribution is 6.06. The molecule has 31 heavy (non-hydrogen) atoms. The Morgan fingerprint density at radius 2 is 1.90 bits per heavy atom. The third-order valence-corrected chi connectivity index (χ3v) is 4.65. The van der Waals surface area contributed by atoms with E-state index in [4.69, 9.17) is 18.8 Å². The molecule has 0 unspecified atom stereocenters. The number of unbranched alkanes of at least 4 members (excludes halogenated alkanes) is 2. The number of hydrogen-bond donors (Lipinski definition) is 1. The number of amides is 1. The molecule has 0 saturated carbocycles. The molecule has 2 aromatic heterocycles. The molecule has 0 fully saturated rings. The summed E-state index contributed by atoms with van der Waals surface area (Å²) in [5.74, 6) is 0.351. The summed E-state index contributed by atoms with van der Waals surface area (Å²) in [6.07, 6.45) is 3.78. The minimum atomic E-state index is -0.791. The summed E-state index contributed by atoms with van der Waals surface area (Å²) >= 11 is 0. The quantitative estimate of drug-likeness (QED) is 0.429. The van der Waals surface area contributed by atoms with Gasteiger partial charge in [0.15, 0.2) is 11.5 Å². The summed E-state index contributed by atoms with van der Waals surface area (Å²) in [5.41, 5.74) is 0.805. The second kappa shape index (κ2) is 10.5. The van der Waals surface area contributed by atoms with Crippen molar-refractivity contribution in [3.8, 4) is 17.3 Å². The number of carbonyl (C=O) groups is 2. The summed E-state index contributed by atoms with van der Waals surface area (Å²) in [6.45, 7) is 4.26. The maximum atomic E-state index is 13.3. The second-order valence-corrected chi connectivity index (χ2v) is 7.34. The molecule has 0 atom stereocenters. The Hall–Kier alpha value is -3.55. The molecule has 164 valence electrons. The van der Waals surface area contributed by atoms with E-state index in [2.05, 4.69) is 5.16 Å². The van der Waals surface area contributed by atoms with Crippen LogP contribution in [0.2, 0.25) is 0 Å². The van der Waals surface area contributed by atoms with Gasteiger partial charge in [-0.25, -0.2) is 0 Å². The van der Waals surface area contributed by atoms with Crippen LogP contribution in [0.25, 0.3) is 11.5 Å². The van der Waals surface area contributed by atoms with Crippen LogP contribution in [-0.2, 0) is 4.79 Å². The molecule has 3 rings (SSSR count). The van der Waals surface area contributed by atoms with Gasteiger partial charge in [0.25, 0.3) is 5.91 Å². The van der Waals surface area contributed by atoms with Gasteiger partial charge < -0.3 is 23.7 Å². The van der Waals surface area contributed by atoms with E-state index in [9.17, 15) is 9.59 Å². The van der Waals surface area contributed by atoms with Crippen molar-refractivity contribution in [2.24, 2.45) is 0 Å². The Kier molecular flexibility index (Phi) is 7.48. The molecule has 0 aliphatic carbocycles. The van der Waals surface area contributed by atoms with Gasteiger partial charge in [0.05, 0.1) is 18.6 Å². The molecule has 1 aromatic carbocycles. The van der Waals surface area contributed by atoms with E-state index in [1.54, 1.807) is 23.1 Å². The molecule has 0 saturated heterocycles. The van der Waals surface area contributed by atoms with Gasteiger partial charge in [0.1, 0.15) is 5.75 Å². The van der Waals surface area contributed by atoms with Gasteiger partial charge >= 0.3 is 5.97 Å². The predicted molar refractivity (Wildman–Crippen MR) is 114 cm³/mol. The van der Waals surface area contributed by atoms with Crippen molar-refractivity contribution in [3.63, 3.8) is 0 Å². The van der Waals surface area contributed by atoms with Crippen molar-refractivity contribution in [2.75, 3.05) is 11.5 Å². The molecule has 0 spiro atoms. The Balaban J connectivity index is 1.72. The number of carbonyl (C=O) groups excluding carboxylic acids is 1. The van der Waals surface area contributed by atoms with E-state index in [0.29, 0.717) is 36.0 Å². The van der Waals surface area contributed by atoms with Crippen LogP contribution in [0.5, 0.6) is 5.75 Å². The number of rotatable bonds is 11. The van der Waals surface area contributed by atoms with E-state index < -0.39 is 5.97 Å². The number of ether oxygens (including phenoxy) is 1. The molecule has 0 radical (unpaired) electrons. The van der Waals surface area contributed by atoms with Crippen molar-refractivity contribution in [1.82, 2.24) is 5.16 Å². The number of hydrogen-bond acceptors (Lipinski definition) is 6. The zero-order chi connectivity index (χ0) is 22.2. The van der Waals surface area contributed by atoms with Crippen LogP contribution in [0.4, 0.5) is 5.69 Å². The van der Waals surface area contributed by atoms with E-state index >= 15 is 0 Å². The Labute approximate surface area is 180 Å². The molecule has 2 heterocycles. The fourth-order valence-corrected chi connectivity index (χ4v) is 3.17. The van der Waals surface area contributed by atoms with E-state index in [-0.39, 0.29) is 24.1 Å².